The van der Waals surface area contributed by atoms with Crippen LogP contribution in [0.2, 0.25) is 0 Å². The van der Waals surface area contributed by atoms with Crippen LogP contribution in [0.15, 0.2) is 60.7 Å². The summed E-state index contributed by atoms with van der Waals surface area (Å²) in [5.41, 5.74) is 8.99. The van der Waals surface area contributed by atoms with E-state index in [0.717, 1.165) is 65.3 Å². The first-order valence-corrected chi connectivity index (χ1v) is 15.2. The van der Waals surface area contributed by atoms with Crippen LogP contribution in [-0.2, 0) is 27.8 Å². The third-order valence-corrected chi connectivity index (χ3v) is 9.20. The maximum absolute atomic E-state index is 13.2. The highest BCUT2D eigenvalue weighted by Crippen LogP contribution is 2.29. The average Bonchev–Trinajstić information content (AvgIpc) is 3.30. The van der Waals surface area contributed by atoms with Crippen LogP contribution >= 0.6 is 0 Å². The fourth-order valence-electron chi connectivity index (χ4n) is 5.65. The molecule has 4 N–H and O–H groups in total. The predicted molar refractivity (Wildman–Crippen MR) is 158 cm³/mol. The molecule has 40 heavy (non-hydrogen) atoms. The van der Waals surface area contributed by atoms with E-state index in [1.807, 2.05) is 54.6 Å². The zero-order chi connectivity index (χ0) is 28.3. The summed E-state index contributed by atoms with van der Waals surface area (Å²) in [6.45, 7) is 3.88. The van der Waals surface area contributed by atoms with Crippen LogP contribution in [0.4, 0.5) is 5.69 Å². The van der Waals surface area contributed by atoms with E-state index in [4.69, 9.17) is 10.5 Å². The minimum Gasteiger partial charge on any atom is -0.477 e. The van der Waals surface area contributed by atoms with Gasteiger partial charge in [-0.05, 0) is 78.0 Å². The smallest absolute Gasteiger partial charge is 0.352 e. The number of nitrogens with zero attached hydrogens (tertiary/aromatic N) is 2. The van der Waals surface area contributed by atoms with Crippen LogP contribution < -0.4 is 10.5 Å². The summed E-state index contributed by atoms with van der Waals surface area (Å²) in [5, 5.41) is 12.6. The molecule has 1 aliphatic heterocycles. The number of fused-ring (bicyclic) bond motifs is 2. The number of ether oxygens (including phenoxy) is 1. The summed E-state index contributed by atoms with van der Waals surface area (Å²) in [4.78, 5) is 14.5. The number of rotatable bonds is 11. The van der Waals surface area contributed by atoms with Crippen LogP contribution in [0.5, 0.6) is 0 Å². The standard InChI is InChI=1S/C30H36N4O5S/c1-39-13-12-33-10-8-21(9-11-33)20-40(37,38)32-26-15-23-4-2-3-5-27(23)25(16-26)19-34-28-14-22(18-31)6-7-24(28)17-29(34)30(35)36/h2-7,14-17,21,32H,8-13,18-20,31H2,1H3,(H,35,36). The molecule has 0 atom stereocenters. The second kappa shape index (κ2) is 12.0. The van der Waals surface area contributed by atoms with Crippen molar-refractivity contribution in [3.63, 3.8) is 0 Å². The highest BCUT2D eigenvalue weighted by atomic mass is 32.2. The SMILES string of the molecule is COCCN1CCC(CS(=O)(=O)Nc2cc(Cn3c(C(=O)O)cc4ccc(CN)cc43)c3ccccc3c2)CC1. The number of nitrogens with one attached hydrogen (secondary N) is 1. The number of carboxylic acids is 1. The van der Waals surface area contributed by atoms with Gasteiger partial charge < -0.3 is 25.0 Å². The maximum Gasteiger partial charge on any atom is 0.352 e. The molecule has 212 valence electrons. The van der Waals surface area contributed by atoms with Crippen LogP contribution in [0, 0.1) is 5.92 Å². The lowest BCUT2D eigenvalue weighted by Crippen LogP contribution is -2.38. The number of hydrogen-bond donors (Lipinski definition) is 3. The van der Waals surface area contributed by atoms with Crippen LogP contribution in [-0.4, -0.2) is 68.1 Å². The number of sulfonamides is 1. The number of carbonyl (C=O) groups is 1. The van der Waals surface area contributed by atoms with Gasteiger partial charge in [0.15, 0.2) is 0 Å². The Morgan fingerprint density at radius 3 is 2.58 bits per heavy atom. The van der Waals surface area contributed by atoms with Gasteiger partial charge in [-0.2, -0.15) is 0 Å². The van der Waals surface area contributed by atoms with Gasteiger partial charge in [-0.1, -0.05) is 36.4 Å². The van der Waals surface area contributed by atoms with E-state index in [1.54, 1.807) is 17.7 Å². The Hall–Kier alpha value is -3.44. The molecule has 4 aromatic rings. The number of likely N-dealkylation sites (tertiary alicyclic amines) is 1. The second-order valence-corrected chi connectivity index (χ2v) is 12.3. The first kappa shape index (κ1) is 28.1. The number of aromatic nitrogens is 1. The van der Waals surface area contributed by atoms with E-state index in [9.17, 15) is 18.3 Å². The largest absolute Gasteiger partial charge is 0.477 e. The lowest BCUT2D eigenvalue weighted by Gasteiger charge is -2.31. The summed E-state index contributed by atoms with van der Waals surface area (Å²) in [7, 11) is -1.90. The number of carboxylic acid groups (broad SMARTS) is 1. The normalized spacial score (nSPS) is 15.2. The minimum atomic E-state index is -3.59. The topological polar surface area (TPSA) is 127 Å². The fourth-order valence-corrected chi connectivity index (χ4v) is 7.17. The highest BCUT2D eigenvalue weighted by Gasteiger charge is 2.25. The number of nitrogens with two attached hydrogens (primary N) is 1. The van der Waals surface area contributed by atoms with Crippen molar-refractivity contribution in [2.24, 2.45) is 11.7 Å². The number of aromatic carboxylic acids is 1. The zero-order valence-corrected chi connectivity index (χ0v) is 23.5. The van der Waals surface area contributed by atoms with Crippen molar-refractivity contribution in [1.29, 1.82) is 0 Å². The average molecular weight is 565 g/mol. The number of hydrogen-bond acceptors (Lipinski definition) is 6. The van der Waals surface area contributed by atoms with E-state index in [-0.39, 0.29) is 23.9 Å². The zero-order valence-electron chi connectivity index (χ0n) is 22.7. The molecule has 0 unspecified atom stereocenters. The Labute approximate surface area is 234 Å². The van der Waals surface area contributed by atoms with E-state index in [0.29, 0.717) is 18.8 Å². The lowest BCUT2D eigenvalue weighted by atomic mass is 9.99. The molecule has 1 saturated heterocycles. The summed E-state index contributed by atoms with van der Waals surface area (Å²) in [5.74, 6) is -0.863. The van der Waals surface area contributed by atoms with Crippen molar-refractivity contribution in [3.8, 4) is 0 Å². The first-order valence-electron chi connectivity index (χ1n) is 13.6. The van der Waals surface area contributed by atoms with Gasteiger partial charge >= 0.3 is 5.97 Å². The molecule has 3 aromatic carbocycles. The summed E-state index contributed by atoms with van der Waals surface area (Å²) in [6, 6.07) is 18.7. The molecule has 0 spiro atoms. The number of anilines is 1. The van der Waals surface area contributed by atoms with Gasteiger partial charge in [0.1, 0.15) is 5.69 Å². The Bertz CT molecular complexity index is 1620. The number of benzene rings is 3. The number of piperidine rings is 1. The Balaban J connectivity index is 1.42. The molecule has 5 rings (SSSR count). The highest BCUT2D eigenvalue weighted by molar-refractivity contribution is 7.92. The van der Waals surface area contributed by atoms with Crippen molar-refractivity contribution < 1.29 is 23.1 Å². The van der Waals surface area contributed by atoms with E-state index in [2.05, 4.69) is 9.62 Å². The van der Waals surface area contributed by atoms with Gasteiger partial charge in [0.05, 0.1) is 12.4 Å². The Morgan fingerprint density at radius 1 is 1.07 bits per heavy atom. The van der Waals surface area contributed by atoms with Gasteiger partial charge in [-0.15, -0.1) is 0 Å². The van der Waals surface area contributed by atoms with Crippen molar-refractivity contribution in [1.82, 2.24) is 9.47 Å². The van der Waals surface area contributed by atoms with Crippen LogP contribution in [0.25, 0.3) is 21.7 Å². The first-order chi connectivity index (χ1) is 19.3. The molecule has 0 amide bonds. The summed E-state index contributed by atoms with van der Waals surface area (Å²) >= 11 is 0. The lowest BCUT2D eigenvalue weighted by molar-refractivity contribution is 0.0686. The van der Waals surface area contributed by atoms with E-state index in [1.165, 1.54) is 0 Å². The van der Waals surface area contributed by atoms with Gasteiger partial charge in [-0.3, -0.25) is 4.72 Å². The Morgan fingerprint density at radius 2 is 1.85 bits per heavy atom. The molecule has 1 aromatic heterocycles. The molecule has 0 bridgehead atoms. The number of methoxy groups -OCH3 is 1. The Kier molecular flexibility index (Phi) is 8.41. The van der Waals surface area contributed by atoms with E-state index < -0.39 is 16.0 Å². The second-order valence-electron chi connectivity index (χ2n) is 10.5. The fraction of sp³-hybridized carbons (Fsp3) is 0.367. The van der Waals surface area contributed by atoms with Crippen molar-refractivity contribution >= 4 is 43.4 Å². The summed E-state index contributed by atoms with van der Waals surface area (Å²) in [6.07, 6.45) is 1.66. The predicted octanol–water partition coefficient (Wildman–Crippen LogP) is 4.10. The maximum atomic E-state index is 13.2. The monoisotopic (exact) mass is 564 g/mol. The third-order valence-electron chi connectivity index (χ3n) is 7.75. The van der Waals surface area contributed by atoms with Gasteiger partial charge in [0.2, 0.25) is 10.0 Å². The van der Waals surface area contributed by atoms with Crippen molar-refractivity contribution in [2.75, 3.05) is 43.8 Å². The molecular formula is C30H36N4O5S. The molecule has 0 saturated carbocycles. The van der Waals surface area contributed by atoms with Crippen LogP contribution in [0.3, 0.4) is 0 Å². The minimum absolute atomic E-state index is 0.0700. The molecule has 2 heterocycles. The molecule has 0 radical (unpaired) electrons. The molecule has 10 heteroatoms. The van der Waals surface area contributed by atoms with E-state index >= 15 is 0 Å². The quantitative estimate of drug-likeness (QED) is 0.250. The van der Waals surface area contributed by atoms with Crippen molar-refractivity contribution in [2.45, 2.75) is 25.9 Å². The van der Waals surface area contributed by atoms with Gasteiger partial charge in [-0.25, -0.2) is 13.2 Å². The van der Waals surface area contributed by atoms with Gasteiger partial charge in [0, 0.05) is 43.3 Å². The molecule has 1 fully saturated rings. The molecule has 0 aliphatic carbocycles. The summed E-state index contributed by atoms with van der Waals surface area (Å²) < 4.78 is 36.2. The molecular weight excluding hydrogens is 528 g/mol. The molecule has 9 nitrogen and oxygen atoms in total. The third kappa shape index (κ3) is 6.31. The van der Waals surface area contributed by atoms with Gasteiger partial charge in [0.25, 0.3) is 0 Å². The molecule has 1 aliphatic rings. The van der Waals surface area contributed by atoms with Crippen LogP contribution in [0.1, 0.15) is 34.5 Å². The van der Waals surface area contributed by atoms with Crippen molar-refractivity contribution in [3.05, 3.63) is 77.5 Å².